The summed E-state index contributed by atoms with van der Waals surface area (Å²) in [6.07, 6.45) is 6.65. The number of nitrogens with zero attached hydrogens (tertiary/aromatic N) is 2. The first-order chi connectivity index (χ1) is 14.7. The van der Waals surface area contributed by atoms with Gasteiger partial charge in [0.2, 0.25) is 0 Å². The number of aliphatic hydroxyl groups excluding tert-OH is 1. The minimum atomic E-state index is 0.101. The zero-order valence-electron chi connectivity index (χ0n) is 20.7. The number of rotatable bonds is 7. The lowest BCUT2D eigenvalue weighted by Crippen LogP contribution is -2.37. The molecule has 1 N–H and O–H groups in total. The van der Waals surface area contributed by atoms with E-state index in [2.05, 4.69) is 57.7 Å². The van der Waals surface area contributed by atoms with Gasteiger partial charge in [-0.1, -0.05) is 45.9 Å². The molecule has 1 saturated heterocycles. The van der Waals surface area contributed by atoms with Crippen molar-refractivity contribution in [3.8, 4) is 0 Å². The number of fused-ring (bicyclic) bond motifs is 1. The molecule has 31 heavy (non-hydrogen) atoms. The van der Waals surface area contributed by atoms with E-state index in [0.717, 1.165) is 51.2 Å². The Bertz CT molecular complexity index is 760. The molecule has 0 saturated carbocycles. The van der Waals surface area contributed by atoms with Crippen LogP contribution in [0.4, 0.5) is 0 Å². The average Bonchev–Trinajstić information content (AvgIpc) is 2.76. The van der Waals surface area contributed by atoms with Crippen molar-refractivity contribution in [2.24, 2.45) is 10.9 Å². The van der Waals surface area contributed by atoms with E-state index in [1.54, 1.807) is 7.11 Å². The van der Waals surface area contributed by atoms with Crippen molar-refractivity contribution >= 4 is 5.90 Å². The van der Waals surface area contributed by atoms with E-state index >= 15 is 0 Å². The van der Waals surface area contributed by atoms with Crippen molar-refractivity contribution < 1.29 is 9.84 Å². The first-order valence-corrected chi connectivity index (χ1v) is 12.3. The predicted molar refractivity (Wildman–Crippen MR) is 130 cm³/mol. The number of benzene rings is 1. The zero-order valence-corrected chi connectivity index (χ0v) is 20.7. The number of aliphatic imine (C=N–C) groups is 1. The van der Waals surface area contributed by atoms with Gasteiger partial charge in [-0.05, 0) is 92.6 Å². The molecule has 0 amide bonds. The van der Waals surface area contributed by atoms with Crippen molar-refractivity contribution in [2.45, 2.75) is 90.0 Å². The summed E-state index contributed by atoms with van der Waals surface area (Å²) >= 11 is 0. The summed E-state index contributed by atoms with van der Waals surface area (Å²) in [6.45, 7) is 15.3. The minimum Gasteiger partial charge on any atom is -0.484 e. The topological polar surface area (TPSA) is 45.1 Å². The van der Waals surface area contributed by atoms with E-state index in [4.69, 9.17) is 14.8 Å². The quantitative estimate of drug-likeness (QED) is 0.348. The summed E-state index contributed by atoms with van der Waals surface area (Å²) < 4.78 is 5.80. The van der Waals surface area contributed by atoms with Crippen LogP contribution < -0.4 is 0 Å². The van der Waals surface area contributed by atoms with Crippen LogP contribution in [0, 0.1) is 5.92 Å². The van der Waals surface area contributed by atoms with Gasteiger partial charge in [0, 0.05) is 12.5 Å². The van der Waals surface area contributed by atoms with Crippen LogP contribution in [0.3, 0.4) is 0 Å². The molecule has 0 spiro atoms. The lowest BCUT2D eigenvalue weighted by molar-refractivity contribution is 0.186. The van der Waals surface area contributed by atoms with Crippen LogP contribution >= 0.6 is 0 Å². The predicted octanol–water partition coefficient (Wildman–Crippen LogP) is 5.63. The molecular formula is C27H44N2O2. The van der Waals surface area contributed by atoms with Crippen LogP contribution in [0.15, 0.2) is 23.2 Å². The van der Waals surface area contributed by atoms with Crippen LogP contribution in [0.25, 0.3) is 0 Å². The first-order valence-electron chi connectivity index (χ1n) is 12.3. The molecule has 1 atom stereocenters. The van der Waals surface area contributed by atoms with Crippen LogP contribution in [0.2, 0.25) is 0 Å². The highest BCUT2D eigenvalue weighted by atomic mass is 16.5. The third-order valence-corrected chi connectivity index (χ3v) is 7.71. The summed E-state index contributed by atoms with van der Waals surface area (Å²) in [5.74, 6) is 1.33. The molecule has 1 aliphatic heterocycles. The molecule has 1 fully saturated rings. The Morgan fingerprint density at radius 2 is 1.74 bits per heavy atom. The number of likely N-dealkylation sites (tertiary alicyclic amines) is 1. The fourth-order valence-electron chi connectivity index (χ4n) is 5.31. The summed E-state index contributed by atoms with van der Waals surface area (Å²) in [5.41, 5.74) is 4.76. The lowest BCUT2D eigenvalue weighted by atomic mass is 9.63. The molecule has 4 nitrogen and oxygen atoms in total. The number of methoxy groups -OCH3 is 1. The Kier molecular flexibility index (Phi) is 7.86. The highest BCUT2D eigenvalue weighted by molar-refractivity contribution is 5.79. The third-order valence-electron chi connectivity index (χ3n) is 7.71. The maximum atomic E-state index is 8.99. The third kappa shape index (κ3) is 5.70. The molecule has 174 valence electrons. The van der Waals surface area contributed by atoms with E-state index < -0.39 is 0 Å². The average molecular weight is 429 g/mol. The van der Waals surface area contributed by atoms with Gasteiger partial charge in [0.05, 0.1) is 13.2 Å². The fourth-order valence-corrected chi connectivity index (χ4v) is 5.31. The van der Waals surface area contributed by atoms with Gasteiger partial charge in [-0.2, -0.15) is 0 Å². The maximum Gasteiger partial charge on any atom is 0.186 e. The Morgan fingerprint density at radius 3 is 2.35 bits per heavy atom. The van der Waals surface area contributed by atoms with E-state index in [9.17, 15) is 0 Å². The van der Waals surface area contributed by atoms with Gasteiger partial charge >= 0.3 is 0 Å². The van der Waals surface area contributed by atoms with Crippen molar-refractivity contribution in [3.63, 3.8) is 0 Å². The highest BCUT2D eigenvalue weighted by Crippen LogP contribution is 2.46. The molecule has 0 radical (unpaired) electrons. The highest BCUT2D eigenvalue weighted by Gasteiger charge is 2.37. The number of hydrogen-bond acceptors (Lipinski definition) is 4. The van der Waals surface area contributed by atoms with Gasteiger partial charge in [0.1, 0.15) is 0 Å². The second kappa shape index (κ2) is 10.0. The monoisotopic (exact) mass is 428 g/mol. The lowest BCUT2D eigenvalue weighted by Gasteiger charge is -2.42. The Labute approximate surface area is 190 Å². The van der Waals surface area contributed by atoms with Gasteiger partial charge in [-0.25, -0.2) is 4.99 Å². The second-order valence-electron chi connectivity index (χ2n) is 11.0. The molecule has 1 unspecified atom stereocenters. The van der Waals surface area contributed by atoms with E-state index in [1.165, 1.54) is 29.5 Å². The SMILES string of the molecule is COC(=NC(C)c1ccc2c(c1)C(C)(C)CCC2(C)C)C1CCN(CCCCO)CC1. The first kappa shape index (κ1) is 24.3. The van der Waals surface area contributed by atoms with Gasteiger partial charge in [-0.3, -0.25) is 0 Å². The van der Waals surface area contributed by atoms with Crippen LogP contribution in [-0.2, 0) is 15.6 Å². The van der Waals surface area contributed by atoms with Gasteiger partial charge in [0.25, 0.3) is 0 Å². The second-order valence-corrected chi connectivity index (χ2v) is 11.0. The van der Waals surface area contributed by atoms with Gasteiger partial charge in [-0.15, -0.1) is 0 Å². The molecule has 1 aliphatic carbocycles. The standard InChI is InChI=1S/C27H44N2O2/c1-20(22-9-10-23-24(19-22)27(4,5)14-13-26(23,2)3)28-25(31-6)21-11-16-29(17-12-21)15-7-8-18-30/h9-10,19-21,30H,7-8,11-18H2,1-6H3. The summed E-state index contributed by atoms with van der Waals surface area (Å²) in [6, 6.07) is 7.16. The molecule has 2 aliphatic rings. The van der Waals surface area contributed by atoms with E-state index in [1.807, 2.05) is 0 Å². The van der Waals surface area contributed by atoms with Crippen molar-refractivity contribution in [2.75, 3.05) is 33.4 Å². The number of aliphatic hydroxyl groups is 1. The molecule has 1 aromatic rings. The summed E-state index contributed by atoms with van der Waals surface area (Å²) in [5, 5.41) is 8.99. The van der Waals surface area contributed by atoms with Gasteiger partial charge < -0.3 is 14.7 Å². The molecule has 0 aromatic heterocycles. The van der Waals surface area contributed by atoms with Crippen molar-refractivity contribution in [1.82, 2.24) is 4.90 Å². The molecule has 1 aromatic carbocycles. The number of ether oxygens (including phenoxy) is 1. The fraction of sp³-hybridized carbons (Fsp3) is 0.741. The Hall–Kier alpha value is -1.39. The van der Waals surface area contributed by atoms with Gasteiger partial charge in [0.15, 0.2) is 5.90 Å². The van der Waals surface area contributed by atoms with E-state index in [0.29, 0.717) is 12.5 Å². The van der Waals surface area contributed by atoms with E-state index in [-0.39, 0.29) is 16.9 Å². The molecule has 4 heteroatoms. The van der Waals surface area contributed by atoms with Crippen molar-refractivity contribution in [1.29, 1.82) is 0 Å². The molecular weight excluding hydrogens is 384 g/mol. The minimum absolute atomic E-state index is 0.101. The normalized spacial score (nSPS) is 22.7. The largest absolute Gasteiger partial charge is 0.484 e. The molecule has 3 rings (SSSR count). The Balaban J connectivity index is 1.71. The van der Waals surface area contributed by atoms with Crippen molar-refractivity contribution in [3.05, 3.63) is 34.9 Å². The number of unbranched alkanes of at least 4 members (excludes halogenated alkanes) is 1. The smallest absolute Gasteiger partial charge is 0.186 e. The van der Waals surface area contributed by atoms with Crippen LogP contribution in [0.1, 0.15) is 95.9 Å². The number of piperidine rings is 1. The van der Waals surface area contributed by atoms with Crippen LogP contribution in [0.5, 0.6) is 0 Å². The molecule has 0 bridgehead atoms. The molecule has 1 heterocycles. The maximum absolute atomic E-state index is 8.99. The van der Waals surface area contributed by atoms with Crippen LogP contribution in [-0.4, -0.2) is 49.3 Å². The summed E-state index contributed by atoms with van der Waals surface area (Å²) in [4.78, 5) is 7.58. The number of hydrogen-bond donors (Lipinski definition) is 1. The Morgan fingerprint density at radius 1 is 1.10 bits per heavy atom. The summed E-state index contributed by atoms with van der Waals surface area (Å²) in [7, 11) is 1.78. The zero-order chi connectivity index (χ0) is 22.6.